The Morgan fingerprint density at radius 2 is 1.78 bits per heavy atom. The molecule has 0 radical (unpaired) electrons. The van der Waals surface area contributed by atoms with Crippen molar-refractivity contribution in [2.24, 2.45) is 0 Å². The number of nitrogens with zero attached hydrogens (tertiary/aromatic N) is 3. The molecule has 3 rings (SSSR count). The second-order valence-electron chi connectivity index (χ2n) is 7.25. The first kappa shape index (κ1) is 19.4. The SMILES string of the molecule is C[C@H](c1ccncc1)N(C)Cc1ccc(OCC(=O)N2CCCCC2)cc1. The summed E-state index contributed by atoms with van der Waals surface area (Å²) in [5, 5.41) is 0. The highest BCUT2D eigenvalue weighted by atomic mass is 16.5. The minimum absolute atomic E-state index is 0.0877. The van der Waals surface area contributed by atoms with E-state index in [1.54, 1.807) is 0 Å². The predicted octanol–water partition coefficient (Wildman–Crippen LogP) is 3.67. The predicted molar refractivity (Wildman–Crippen MR) is 106 cm³/mol. The first-order valence-electron chi connectivity index (χ1n) is 9.73. The van der Waals surface area contributed by atoms with Crippen LogP contribution in [0.15, 0.2) is 48.8 Å². The standard InChI is InChI=1S/C22H29N3O2/c1-18(20-10-12-23-13-11-20)24(2)16-19-6-8-21(9-7-19)27-17-22(26)25-14-4-3-5-15-25/h6-13,18H,3-5,14-17H2,1-2H3/t18-/m1/s1. The van der Waals surface area contributed by atoms with Gasteiger partial charge in [-0.2, -0.15) is 0 Å². The topological polar surface area (TPSA) is 45.7 Å². The summed E-state index contributed by atoms with van der Waals surface area (Å²) in [4.78, 5) is 20.5. The molecule has 0 unspecified atom stereocenters. The van der Waals surface area contributed by atoms with Crippen LogP contribution in [0.25, 0.3) is 0 Å². The molecule has 1 aromatic heterocycles. The van der Waals surface area contributed by atoms with Gasteiger partial charge in [-0.1, -0.05) is 12.1 Å². The van der Waals surface area contributed by atoms with Crippen molar-refractivity contribution in [2.45, 2.75) is 38.8 Å². The fraction of sp³-hybridized carbons (Fsp3) is 0.455. The number of carbonyl (C=O) groups is 1. The van der Waals surface area contributed by atoms with Crippen LogP contribution in [-0.4, -0.2) is 47.4 Å². The van der Waals surface area contributed by atoms with E-state index in [-0.39, 0.29) is 12.5 Å². The second-order valence-corrected chi connectivity index (χ2v) is 7.25. The minimum Gasteiger partial charge on any atom is -0.484 e. The van der Waals surface area contributed by atoms with Crippen LogP contribution in [0, 0.1) is 0 Å². The molecule has 1 saturated heterocycles. The molecule has 144 valence electrons. The summed E-state index contributed by atoms with van der Waals surface area (Å²) in [7, 11) is 2.12. The molecule has 0 aliphatic carbocycles. The molecule has 1 aliphatic rings. The van der Waals surface area contributed by atoms with E-state index >= 15 is 0 Å². The van der Waals surface area contributed by atoms with Crippen LogP contribution in [0.5, 0.6) is 5.75 Å². The number of aromatic nitrogens is 1. The summed E-state index contributed by atoms with van der Waals surface area (Å²) < 4.78 is 5.69. The first-order chi connectivity index (χ1) is 13.1. The molecule has 2 heterocycles. The van der Waals surface area contributed by atoms with Gasteiger partial charge in [0, 0.05) is 38.1 Å². The van der Waals surface area contributed by atoms with Crippen molar-refractivity contribution in [3.63, 3.8) is 0 Å². The summed E-state index contributed by atoms with van der Waals surface area (Å²) >= 11 is 0. The molecule has 1 atom stereocenters. The monoisotopic (exact) mass is 367 g/mol. The van der Waals surface area contributed by atoms with Crippen LogP contribution in [0.4, 0.5) is 0 Å². The van der Waals surface area contributed by atoms with Gasteiger partial charge in [-0.25, -0.2) is 0 Å². The summed E-state index contributed by atoms with van der Waals surface area (Å²) in [6.45, 7) is 4.89. The Balaban J connectivity index is 1.48. The van der Waals surface area contributed by atoms with Gasteiger partial charge in [0.1, 0.15) is 5.75 Å². The van der Waals surface area contributed by atoms with Crippen LogP contribution in [0.3, 0.4) is 0 Å². The average Bonchev–Trinajstić information content (AvgIpc) is 2.73. The highest BCUT2D eigenvalue weighted by molar-refractivity contribution is 5.77. The molecule has 5 heteroatoms. The highest BCUT2D eigenvalue weighted by Crippen LogP contribution is 2.21. The molecular weight excluding hydrogens is 338 g/mol. The lowest BCUT2D eigenvalue weighted by atomic mass is 10.1. The molecule has 0 bridgehead atoms. The highest BCUT2D eigenvalue weighted by Gasteiger charge is 2.17. The van der Waals surface area contributed by atoms with Crippen molar-refractivity contribution in [3.8, 4) is 5.75 Å². The van der Waals surface area contributed by atoms with Gasteiger partial charge in [0.2, 0.25) is 0 Å². The van der Waals surface area contributed by atoms with Gasteiger partial charge in [-0.05, 0) is 68.6 Å². The summed E-state index contributed by atoms with van der Waals surface area (Å²) in [6, 6.07) is 12.4. The first-order valence-corrected chi connectivity index (χ1v) is 9.73. The number of likely N-dealkylation sites (tertiary alicyclic amines) is 1. The quantitative estimate of drug-likeness (QED) is 0.749. The molecule has 5 nitrogen and oxygen atoms in total. The number of piperidine rings is 1. The van der Waals surface area contributed by atoms with Crippen molar-refractivity contribution in [1.29, 1.82) is 0 Å². The van der Waals surface area contributed by atoms with Gasteiger partial charge in [-0.15, -0.1) is 0 Å². The third-order valence-corrected chi connectivity index (χ3v) is 5.28. The van der Waals surface area contributed by atoms with E-state index in [0.29, 0.717) is 6.04 Å². The van der Waals surface area contributed by atoms with Gasteiger partial charge in [-0.3, -0.25) is 14.7 Å². The van der Waals surface area contributed by atoms with E-state index < -0.39 is 0 Å². The molecule has 0 spiro atoms. The Kier molecular flexibility index (Phi) is 6.82. The number of rotatable bonds is 7. The number of carbonyl (C=O) groups excluding carboxylic acids is 1. The van der Waals surface area contributed by atoms with Crippen LogP contribution >= 0.6 is 0 Å². The zero-order valence-corrected chi connectivity index (χ0v) is 16.3. The number of benzene rings is 1. The Bertz CT molecular complexity index is 712. The summed E-state index contributed by atoms with van der Waals surface area (Å²) in [5.74, 6) is 0.832. The fourth-order valence-electron chi connectivity index (χ4n) is 3.39. The lowest BCUT2D eigenvalue weighted by molar-refractivity contribution is -0.134. The van der Waals surface area contributed by atoms with Gasteiger partial charge < -0.3 is 9.64 Å². The van der Waals surface area contributed by atoms with Crippen molar-refractivity contribution in [1.82, 2.24) is 14.8 Å². The third-order valence-electron chi connectivity index (χ3n) is 5.28. The zero-order valence-electron chi connectivity index (χ0n) is 16.3. The van der Waals surface area contributed by atoms with Crippen LogP contribution in [0.1, 0.15) is 43.4 Å². The molecule has 0 saturated carbocycles. The van der Waals surface area contributed by atoms with E-state index in [4.69, 9.17) is 4.74 Å². The fourth-order valence-corrected chi connectivity index (χ4v) is 3.39. The lowest BCUT2D eigenvalue weighted by Gasteiger charge is -2.26. The maximum atomic E-state index is 12.2. The largest absolute Gasteiger partial charge is 0.484 e. The maximum absolute atomic E-state index is 12.2. The Hall–Kier alpha value is -2.40. The van der Waals surface area contributed by atoms with E-state index in [2.05, 4.69) is 48.1 Å². The Morgan fingerprint density at radius 1 is 1.11 bits per heavy atom. The van der Waals surface area contributed by atoms with Crippen molar-refractivity contribution in [3.05, 3.63) is 59.9 Å². The number of amides is 1. The summed E-state index contributed by atoms with van der Waals surface area (Å²) in [5.41, 5.74) is 2.47. The normalized spacial score (nSPS) is 15.6. The maximum Gasteiger partial charge on any atom is 0.260 e. The van der Waals surface area contributed by atoms with Gasteiger partial charge in [0.05, 0.1) is 0 Å². The Labute approximate surface area is 162 Å². The smallest absolute Gasteiger partial charge is 0.260 e. The van der Waals surface area contributed by atoms with Gasteiger partial charge in [0.15, 0.2) is 6.61 Å². The van der Waals surface area contributed by atoms with Crippen molar-refractivity contribution < 1.29 is 9.53 Å². The Morgan fingerprint density at radius 3 is 2.44 bits per heavy atom. The number of pyridine rings is 1. The van der Waals surface area contributed by atoms with E-state index in [0.717, 1.165) is 38.2 Å². The van der Waals surface area contributed by atoms with Crippen molar-refractivity contribution >= 4 is 5.91 Å². The van der Waals surface area contributed by atoms with Crippen molar-refractivity contribution in [2.75, 3.05) is 26.7 Å². The lowest BCUT2D eigenvalue weighted by Crippen LogP contribution is -2.38. The number of hydrogen-bond donors (Lipinski definition) is 0. The molecular formula is C22H29N3O2. The molecule has 0 N–H and O–H groups in total. The summed E-state index contributed by atoms with van der Waals surface area (Å²) in [6.07, 6.45) is 7.09. The number of hydrogen-bond acceptors (Lipinski definition) is 4. The molecule has 27 heavy (non-hydrogen) atoms. The van der Waals surface area contributed by atoms with Crippen LogP contribution in [0.2, 0.25) is 0 Å². The van der Waals surface area contributed by atoms with E-state index in [1.807, 2.05) is 29.4 Å². The molecule has 2 aromatic rings. The van der Waals surface area contributed by atoms with E-state index in [9.17, 15) is 4.79 Å². The second kappa shape index (κ2) is 9.51. The molecule has 1 aromatic carbocycles. The molecule has 1 fully saturated rings. The van der Waals surface area contributed by atoms with E-state index in [1.165, 1.54) is 17.5 Å². The van der Waals surface area contributed by atoms with Crippen LogP contribution in [-0.2, 0) is 11.3 Å². The molecule has 1 amide bonds. The average molecular weight is 367 g/mol. The third kappa shape index (κ3) is 5.54. The van der Waals surface area contributed by atoms with Gasteiger partial charge in [0.25, 0.3) is 5.91 Å². The molecule has 1 aliphatic heterocycles. The minimum atomic E-state index is 0.0877. The zero-order chi connectivity index (χ0) is 19.1. The number of ether oxygens (including phenoxy) is 1. The van der Waals surface area contributed by atoms with Crippen LogP contribution < -0.4 is 4.74 Å². The van der Waals surface area contributed by atoms with Gasteiger partial charge >= 0.3 is 0 Å².